The number of piperidine rings is 1. The number of carbonyl (C=O) groups is 2. The van der Waals surface area contributed by atoms with E-state index in [0.29, 0.717) is 11.5 Å². The third kappa shape index (κ3) is 1.98. The molecule has 20 heavy (non-hydrogen) atoms. The molecule has 1 N–H and O–H groups in total. The van der Waals surface area contributed by atoms with E-state index in [0.717, 1.165) is 37.1 Å². The van der Waals surface area contributed by atoms with Crippen molar-refractivity contribution >= 4 is 34.3 Å². The first-order chi connectivity index (χ1) is 9.76. The number of amides is 1. The lowest BCUT2D eigenvalue weighted by Crippen LogP contribution is -2.49. The minimum atomic E-state index is -0.239. The van der Waals surface area contributed by atoms with Gasteiger partial charge in [0.15, 0.2) is 17.1 Å². The Morgan fingerprint density at radius 1 is 1.55 bits per heavy atom. The zero-order valence-electron chi connectivity index (χ0n) is 11.2. The quantitative estimate of drug-likeness (QED) is 0.866. The van der Waals surface area contributed by atoms with Crippen LogP contribution in [-0.4, -0.2) is 41.2 Å². The summed E-state index contributed by atoms with van der Waals surface area (Å²) in [5.74, 6) is 0.609. The van der Waals surface area contributed by atoms with Crippen LogP contribution in [0.4, 0.5) is 5.82 Å². The highest BCUT2D eigenvalue weighted by Crippen LogP contribution is 2.29. The molecule has 1 aliphatic rings. The van der Waals surface area contributed by atoms with Crippen molar-refractivity contribution in [2.45, 2.75) is 25.3 Å². The Balaban J connectivity index is 2.05. The Bertz CT molecular complexity index is 648. The number of aromatic nitrogens is 2. The van der Waals surface area contributed by atoms with Crippen LogP contribution in [0.25, 0.3) is 4.96 Å². The normalized spacial score (nSPS) is 19.2. The highest BCUT2D eigenvalue weighted by molar-refractivity contribution is 7.15. The molecule has 0 spiro atoms. The van der Waals surface area contributed by atoms with Gasteiger partial charge in [0.25, 0.3) is 0 Å². The molecular formula is C13H16N4O2S. The van der Waals surface area contributed by atoms with Gasteiger partial charge in [-0.05, 0) is 19.3 Å². The summed E-state index contributed by atoms with van der Waals surface area (Å²) in [5, 5.41) is 4.59. The molecule has 2 aromatic rings. The molecule has 0 aliphatic carbocycles. The minimum absolute atomic E-state index is 0.0158. The fourth-order valence-electron chi connectivity index (χ4n) is 2.74. The molecule has 6 nitrogen and oxygen atoms in total. The first-order valence-electron chi connectivity index (χ1n) is 6.65. The van der Waals surface area contributed by atoms with Gasteiger partial charge in [-0.15, -0.1) is 11.3 Å². The molecule has 3 heterocycles. The van der Waals surface area contributed by atoms with E-state index in [-0.39, 0.29) is 11.9 Å². The monoisotopic (exact) mass is 292 g/mol. The Hall–Kier alpha value is -1.89. The van der Waals surface area contributed by atoms with Crippen LogP contribution in [0.5, 0.6) is 0 Å². The Kier molecular flexibility index (Phi) is 3.43. The van der Waals surface area contributed by atoms with E-state index >= 15 is 0 Å². The van der Waals surface area contributed by atoms with Crippen molar-refractivity contribution < 1.29 is 9.59 Å². The standard InChI is InChI=1S/C13H16N4O2S/c1-14-12(19)9-4-2-3-5-16(9)11-10(8-18)17-6-7-20-13(17)15-11/h6-9H,2-5H2,1H3,(H,14,19). The van der Waals surface area contributed by atoms with Gasteiger partial charge in [0, 0.05) is 25.2 Å². The van der Waals surface area contributed by atoms with E-state index < -0.39 is 0 Å². The molecule has 1 atom stereocenters. The molecule has 0 radical (unpaired) electrons. The number of nitrogens with zero attached hydrogens (tertiary/aromatic N) is 3. The van der Waals surface area contributed by atoms with Gasteiger partial charge in [-0.25, -0.2) is 4.98 Å². The first-order valence-corrected chi connectivity index (χ1v) is 7.53. The lowest BCUT2D eigenvalue weighted by Gasteiger charge is -2.34. The van der Waals surface area contributed by atoms with Crippen LogP contribution in [0, 0.1) is 0 Å². The maximum Gasteiger partial charge on any atom is 0.242 e. The molecule has 1 saturated heterocycles. The van der Waals surface area contributed by atoms with E-state index in [1.165, 1.54) is 11.3 Å². The van der Waals surface area contributed by atoms with E-state index in [1.807, 2.05) is 16.5 Å². The van der Waals surface area contributed by atoms with Crippen molar-refractivity contribution in [1.29, 1.82) is 0 Å². The fraction of sp³-hybridized carbons (Fsp3) is 0.462. The van der Waals surface area contributed by atoms with Crippen molar-refractivity contribution in [1.82, 2.24) is 14.7 Å². The summed E-state index contributed by atoms with van der Waals surface area (Å²) in [6, 6.07) is -0.239. The van der Waals surface area contributed by atoms with Crippen LogP contribution in [0.2, 0.25) is 0 Å². The summed E-state index contributed by atoms with van der Waals surface area (Å²) < 4.78 is 1.78. The zero-order chi connectivity index (χ0) is 14.1. The maximum atomic E-state index is 12.0. The van der Waals surface area contributed by atoms with Gasteiger partial charge in [0.1, 0.15) is 11.7 Å². The molecular weight excluding hydrogens is 276 g/mol. The lowest BCUT2D eigenvalue weighted by molar-refractivity contribution is -0.122. The van der Waals surface area contributed by atoms with Gasteiger partial charge >= 0.3 is 0 Å². The minimum Gasteiger partial charge on any atom is -0.357 e. The van der Waals surface area contributed by atoms with Crippen LogP contribution in [0.15, 0.2) is 11.6 Å². The summed E-state index contributed by atoms with van der Waals surface area (Å²) in [6.45, 7) is 0.754. The van der Waals surface area contributed by atoms with Gasteiger partial charge in [-0.1, -0.05) is 0 Å². The number of rotatable bonds is 3. The molecule has 1 aliphatic heterocycles. The summed E-state index contributed by atoms with van der Waals surface area (Å²) >= 11 is 1.48. The fourth-order valence-corrected chi connectivity index (χ4v) is 3.45. The van der Waals surface area contributed by atoms with Gasteiger partial charge in [0.05, 0.1) is 0 Å². The molecule has 3 rings (SSSR count). The predicted molar refractivity (Wildman–Crippen MR) is 77.5 cm³/mol. The van der Waals surface area contributed by atoms with E-state index in [9.17, 15) is 9.59 Å². The molecule has 1 amide bonds. The summed E-state index contributed by atoms with van der Waals surface area (Å²) in [5.41, 5.74) is 0.525. The molecule has 0 saturated carbocycles. The smallest absolute Gasteiger partial charge is 0.242 e. The number of fused-ring (bicyclic) bond motifs is 1. The van der Waals surface area contributed by atoms with Crippen LogP contribution in [-0.2, 0) is 4.79 Å². The highest BCUT2D eigenvalue weighted by atomic mass is 32.1. The number of aldehydes is 1. The lowest BCUT2D eigenvalue weighted by atomic mass is 10.0. The largest absolute Gasteiger partial charge is 0.357 e. The topological polar surface area (TPSA) is 66.7 Å². The van der Waals surface area contributed by atoms with E-state index in [1.54, 1.807) is 11.4 Å². The van der Waals surface area contributed by atoms with Crippen molar-refractivity contribution in [2.24, 2.45) is 0 Å². The number of carbonyl (C=O) groups excluding carboxylic acids is 2. The summed E-state index contributed by atoms with van der Waals surface area (Å²) in [4.78, 5) is 30.7. The third-order valence-electron chi connectivity index (χ3n) is 3.72. The Morgan fingerprint density at radius 3 is 3.15 bits per heavy atom. The number of imidazole rings is 1. The van der Waals surface area contributed by atoms with E-state index in [4.69, 9.17) is 0 Å². The Morgan fingerprint density at radius 2 is 2.40 bits per heavy atom. The van der Waals surface area contributed by atoms with Gasteiger partial charge in [0.2, 0.25) is 5.91 Å². The molecule has 2 aromatic heterocycles. The van der Waals surface area contributed by atoms with Crippen LogP contribution in [0.1, 0.15) is 29.8 Å². The second kappa shape index (κ2) is 5.24. The second-order valence-corrected chi connectivity index (χ2v) is 5.69. The number of likely N-dealkylation sites (N-methyl/N-ethyl adjacent to an activating group) is 1. The van der Waals surface area contributed by atoms with Crippen LogP contribution < -0.4 is 10.2 Å². The van der Waals surface area contributed by atoms with Crippen LogP contribution >= 0.6 is 11.3 Å². The molecule has 1 unspecified atom stereocenters. The first kappa shape index (κ1) is 13.1. The Labute approximate surface area is 120 Å². The summed E-state index contributed by atoms with van der Waals surface area (Å²) in [6.07, 6.45) is 5.48. The molecule has 106 valence electrons. The maximum absolute atomic E-state index is 12.0. The van der Waals surface area contributed by atoms with Crippen molar-refractivity contribution in [2.75, 3.05) is 18.5 Å². The van der Waals surface area contributed by atoms with Gasteiger partial charge in [-0.2, -0.15) is 0 Å². The number of hydrogen-bond donors (Lipinski definition) is 1. The average molecular weight is 292 g/mol. The molecule has 0 aromatic carbocycles. The SMILES string of the molecule is CNC(=O)C1CCCCN1c1nc2sccn2c1C=O. The van der Waals surface area contributed by atoms with Crippen molar-refractivity contribution in [3.63, 3.8) is 0 Å². The number of thiazole rings is 1. The van der Waals surface area contributed by atoms with E-state index in [2.05, 4.69) is 10.3 Å². The summed E-state index contributed by atoms with van der Waals surface area (Å²) in [7, 11) is 1.64. The average Bonchev–Trinajstić information content (AvgIpc) is 3.06. The van der Waals surface area contributed by atoms with Crippen LogP contribution in [0.3, 0.4) is 0 Å². The van der Waals surface area contributed by atoms with Crippen molar-refractivity contribution in [3.05, 3.63) is 17.3 Å². The number of hydrogen-bond acceptors (Lipinski definition) is 5. The predicted octanol–water partition coefficient (Wildman–Crippen LogP) is 1.31. The molecule has 1 fully saturated rings. The molecule has 0 bridgehead atoms. The van der Waals surface area contributed by atoms with Crippen molar-refractivity contribution in [3.8, 4) is 0 Å². The second-order valence-electron chi connectivity index (χ2n) is 4.81. The zero-order valence-corrected chi connectivity index (χ0v) is 12.0. The highest BCUT2D eigenvalue weighted by Gasteiger charge is 2.31. The van der Waals surface area contributed by atoms with Gasteiger partial charge < -0.3 is 10.2 Å². The molecule has 7 heteroatoms. The number of nitrogens with one attached hydrogen (secondary N) is 1. The third-order valence-corrected chi connectivity index (χ3v) is 4.47. The number of anilines is 1. The van der Waals surface area contributed by atoms with Gasteiger partial charge in [-0.3, -0.25) is 14.0 Å².